The average molecular weight is 355 g/mol. The van der Waals surface area contributed by atoms with Crippen molar-refractivity contribution in [2.75, 3.05) is 13.1 Å². The van der Waals surface area contributed by atoms with Crippen LogP contribution in [0.25, 0.3) is 10.9 Å². The van der Waals surface area contributed by atoms with Crippen molar-refractivity contribution in [1.82, 2.24) is 10.3 Å². The van der Waals surface area contributed by atoms with Crippen LogP contribution in [0.4, 0.5) is 0 Å². The molecule has 1 amide bonds. The molecule has 1 aromatic carbocycles. The number of nitrogens with two attached hydrogens (primary N) is 1. The molecule has 0 spiro atoms. The molecule has 1 saturated heterocycles. The Morgan fingerprint density at radius 3 is 2.88 bits per heavy atom. The maximum atomic E-state index is 11.8. The van der Waals surface area contributed by atoms with Crippen LogP contribution >= 0.6 is 0 Å². The molecule has 1 aromatic heterocycles. The van der Waals surface area contributed by atoms with E-state index in [0.717, 1.165) is 36.6 Å². The van der Waals surface area contributed by atoms with Gasteiger partial charge >= 0.3 is 0 Å². The highest BCUT2D eigenvalue weighted by atomic mass is 16.5. The van der Waals surface area contributed by atoms with Gasteiger partial charge in [0.25, 0.3) is 5.91 Å². The van der Waals surface area contributed by atoms with Gasteiger partial charge in [0.15, 0.2) is 0 Å². The minimum Gasteiger partial charge on any atom is -0.490 e. The quantitative estimate of drug-likeness (QED) is 0.860. The van der Waals surface area contributed by atoms with Crippen LogP contribution in [-0.4, -0.2) is 36.2 Å². The summed E-state index contributed by atoms with van der Waals surface area (Å²) in [7, 11) is 0. The second-order valence-corrected chi connectivity index (χ2v) is 7.52. The number of primary amides is 1. The van der Waals surface area contributed by atoms with Crippen molar-refractivity contribution in [2.45, 2.75) is 38.9 Å². The third-order valence-corrected chi connectivity index (χ3v) is 5.40. The molecule has 6 heteroatoms. The Morgan fingerprint density at radius 2 is 2.12 bits per heavy atom. The van der Waals surface area contributed by atoms with Gasteiger partial charge in [0.05, 0.1) is 17.2 Å². The van der Waals surface area contributed by atoms with Gasteiger partial charge in [0.2, 0.25) is 0 Å². The van der Waals surface area contributed by atoms with Crippen molar-refractivity contribution in [3.05, 3.63) is 30.0 Å². The summed E-state index contributed by atoms with van der Waals surface area (Å²) in [5, 5.41) is 4.31. The zero-order valence-corrected chi connectivity index (χ0v) is 15.2. The van der Waals surface area contributed by atoms with Gasteiger partial charge in [-0.15, -0.1) is 0 Å². The summed E-state index contributed by atoms with van der Waals surface area (Å²) in [6, 6.07) is 5.41. The molecule has 2 aliphatic rings. The molecule has 0 radical (unpaired) electrons. The number of hydrogen-bond donors (Lipinski definition) is 2. The lowest BCUT2D eigenvalue weighted by Gasteiger charge is -2.21. The van der Waals surface area contributed by atoms with Crippen molar-refractivity contribution in [3.63, 3.8) is 0 Å². The molecule has 138 valence electrons. The minimum absolute atomic E-state index is 0.0632. The number of aromatic nitrogens is 1. The molecular weight excluding hydrogens is 330 g/mol. The standard InChI is InChI=1S/C20H25N3O3/c1-11(2)25-19-8-13-16(7-14(19)20(21)24)23-6-5-18(13)26-17-4-3-12-9-22-10-15(12)17/h5-8,11-12,15,17,22H,3-4,9-10H2,1-2H3,(H2,21,24). The normalized spacial score (nSPS) is 24.8. The van der Waals surface area contributed by atoms with Crippen LogP contribution in [0.1, 0.15) is 37.0 Å². The predicted octanol–water partition coefficient (Wildman–Crippen LogP) is 2.50. The van der Waals surface area contributed by atoms with E-state index in [-0.39, 0.29) is 12.2 Å². The number of pyridine rings is 1. The molecule has 2 heterocycles. The number of carbonyl (C=O) groups excluding carboxylic acids is 1. The summed E-state index contributed by atoms with van der Waals surface area (Å²) < 4.78 is 12.2. The second kappa shape index (κ2) is 6.76. The molecule has 2 fully saturated rings. The Hall–Kier alpha value is -2.34. The van der Waals surface area contributed by atoms with Crippen LogP contribution in [0.2, 0.25) is 0 Å². The molecule has 0 bridgehead atoms. The SMILES string of the molecule is CC(C)Oc1cc2c(OC3CCC4CNCC43)ccnc2cc1C(N)=O. The van der Waals surface area contributed by atoms with Gasteiger partial charge in [-0.3, -0.25) is 9.78 Å². The van der Waals surface area contributed by atoms with Crippen LogP contribution in [0.15, 0.2) is 24.4 Å². The monoisotopic (exact) mass is 355 g/mol. The van der Waals surface area contributed by atoms with E-state index >= 15 is 0 Å². The zero-order chi connectivity index (χ0) is 18.3. The fraction of sp³-hybridized carbons (Fsp3) is 0.500. The van der Waals surface area contributed by atoms with E-state index in [2.05, 4.69) is 10.3 Å². The van der Waals surface area contributed by atoms with Crippen molar-refractivity contribution in [2.24, 2.45) is 17.6 Å². The summed E-state index contributed by atoms with van der Waals surface area (Å²) >= 11 is 0. The topological polar surface area (TPSA) is 86.5 Å². The van der Waals surface area contributed by atoms with Gasteiger partial charge in [0.1, 0.15) is 17.6 Å². The Kier molecular flexibility index (Phi) is 4.44. The van der Waals surface area contributed by atoms with Gasteiger partial charge in [-0.25, -0.2) is 0 Å². The lowest BCUT2D eigenvalue weighted by atomic mass is 9.99. The third kappa shape index (κ3) is 3.09. The molecular formula is C20H25N3O3. The summed E-state index contributed by atoms with van der Waals surface area (Å²) in [6.07, 6.45) is 4.15. The van der Waals surface area contributed by atoms with Gasteiger partial charge in [-0.2, -0.15) is 0 Å². The lowest BCUT2D eigenvalue weighted by Crippen LogP contribution is -2.26. The third-order valence-electron chi connectivity index (χ3n) is 5.40. The molecule has 1 saturated carbocycles. The number of ether oxygens (including phenoxy) is 2. The highest BCUT2D eigenvalue weighted by Gasteiger charge is 2.40. The van der Waals surface area contributed by atoms with Gasteiger partial charge in [0, 0.05) is 24.0 Å². The Morgan fingerprint density at radius 1 is 1.27 bits per heavy atom. The first kappa shape index (κ1) is 17.1. The summed E-state index contributed by atoms with van der Waals surface area (Å²) in [6.45, 7) is 5.95. The first-order chi connectivity index (χ1) is 12.5. The fourth-order valence-corrected chi connectivity index (χ4v) is 4.20. The van der Waals surface area contributed by atoms with Crippen molar-refractivity contribution in [1.29, 1.82) is 0 Å². The molecule has 26 heavy (non-hydrogen) atoms. The smallest absolute Gasteiger partial charge is 0.252 e. The van der Waals surface area contributed by atoms with Crippen LogP contribution in [0, 0.1) is 11.8 Å². The predicted molar refractivity (Wildman–Crippen MR) is 99.5 cm³/mol. The highest BCUT2D eigenvalue weighted by Crippen LogP contribution is 2.39. The first-order valence-corrected chi connectivity index (χ1v) is 9.29. The maximum absolute atomic E-state index is 11.8. The largest absolute Gasteiger partial charge is 0.490 e. The van der Waals surface area contributed by atoms with E-state index in [1.165, 1.54) is 6.42 Å². The molecule has 6 nitrogen and oxygen atoms in total. The molecule has 1 aliphatic heterocycles. The second-order valence-electron chi connectivity index (χ2n) is 7.52. The molecule has 3 N–H and O–H groups in total. The van der Waals surface area contributed by atoms with Crippen LogP contribution < -0.4 is 20.5 Å². The van der Waals surface area contributed by atoms with E-state index in [1.807, 2.05) is 26.0 Å². The first-order valence-electron chi connectivity index (χ1n) is 9.29. The van der Waals surface area contributed by atoms with Gasteiger partial charge in [-0.1, -0.05) is 0 Å². The van der Waals surface area contributed by atoms with E-state index in [0.29, 0.717) is 22.7 Å². The zero-order valence-electron chi connectivity index (χ0n) is 15.2. The summed E-state index contributed by atoms with van der Waals surface area (Å²) in [5.74, 6) is 2.03. The minimum atomic E-state index is -0.522. The van der Waals surface area contributed by atoms with Crippen molar-refractivity contribution < 1.29 is 14.3 Å². The number of benzene rings is 1. The van der Waals surface area contributed by atoms with Gasteiger partial charge in [-0.05, 0) is 57.4 Å². The summed E-state index contributed by atoms with van der Waals surface area (Å²) in [4.78, 5) is 16.2. The number of fused-ring (bicyclic) bond motifs is 2. The number of nitrogens with one attached hydrogen (secondary N) is 1. The number of nitrogens with zero attached hydrogens (tertiary/aromatic N) is 1. The van der Waals surface area contributed by atoms with Crippen LogP contribution in [0.5, 0.6) is 11.5 Å². The Labute approximate surface area is 153 Å². The molecule has 4 rings (SSSR count). The Bertz CT molecular complexity index is 836. The van der Waals surface area contributed by atoms with E-state index < -0.39 is 5.91 Å². The fourth-order valence-electron chi connectivity index (χ4n) is 4.20. The number of amides is 1. The van der Waals surface area contributed by atoms with Crippen molar-refractivity contribution in [3.8, 4) is 11.5 Å². The number of hydrogen-bond acceptors (Lipinski definition) is 5. The number of rotatable bonds is 5. The highest BCUT2D eigenvalue weighted by molar-refractivity contribution is 6.01. The van der Waals surface area contributed by atoms with Gasteiger partial charge < -0.3 is 20.5 Å². The van der Waals surface area contributed by atoms with E-state index in [1.54, 1.807) is 12.3 Å². The maximum Gasteiger partial charge on any atom is 0.252 e. The van der Waals surface area contributed by atoms with Crippen LogP contribution in [0.3, 0.4) is 0 Å². The van der Waals surface area contributed by atoms with E-state index in [9.17, 15) is 4.79 Å². The molecule has 2 aromatic rings. The van der Waals surface area contributed by atoms with E-state index in [4.69, 9.17) is 15.2 Å². The molecule has 3 atom stereocenters. The average Bonchev–Trinajstić information content (AvgIpc) is 3.19. The molecule has 3 unspecified atom stereocenters. The Balaban J connectivity index is 1.72. The van der Waals surface area contributed by atoms with Crippen LogP contribution in [-0.2, 0) is 0 Å². The number of carbonyl (C=O) groups is 1. The molecule has 1 aliphatic carbocycles. The lowest BCUT2D eigenvalue weighted by molar-refractivity contribution is 0.0994. The summed E-state index contributed by atoms with van der Waals surface area (Å²) in [5.41, 5.74) is 6.56. The van der Waals surface area contributed by atoms with Crippen molar-refractivity contribution >= 4 is 16.8 Å².